The lowest BCUT2D eigenvalue weighted by molar-refractivity contribution is 0.122. The molecule has 2 aliphatic rings. The zero-order chi connectivity index (χ0) is 20.7. The van der Waals surface area contributed by atoms with Crippen LogP contribution in [-0.4, -0.2) is 57.8 Å². The van der Waals surface area contributed by atoms with Gasteiger partial charge in [0.2, 0.25) is 11.8 Å². The molecule has 30 heavy (non-hydrogen) atoms. The fraction of sp³-hybridized carbons (Fsp3) is 0.421. The predicted octanol–water partition coefficient (Wildman–Crippen LogP) is 3.60. The van der Waals surface area contributed by atoms with Gasteiger partial charge in [-0.3, -0.25) is 0 Å². The summed E-state index contributed by atoms with van der Waals surface area (Å²) in [6, 6.07) is 1.91. The van der Waals surface area contributed by atoms with Crippen molar-refractivity contribution in [2.45, 2.75) is 18.1 Å². The van der Waals surface area contributed by atoms with Gasteiger partial charge in [-0.1, -0.05) is 0 Å². The van der Waals surface area contributed by atoms with Gasteiger partial charge in [0.25, 0.3) is 0 Å². The van der Waals surface area contributed by atoms with E-state index in [-0.39, 0.29) is 5.25 Å². The van der Waals surface area contributed by atoms with E-state index in [2.05, 4.69) is 30.5 Å². The van der Waals surface area contributed by atoms with Crippen LogP contribution in [0.15, 0.2) is 22.1 Å². The normalized spacial score (nSPS) is 17.9. The van der Waals surface area contributed by atoms with Gasteiger partial charge in [-0.05, 0) is 34.8 Å². The lowest BCUT2D eigenvalue weighted by atomic mass is 10.2. The number of halogens is 1. The molecule has 158 valence electrons. The van der Waals surface area contributed by atoms with Crippen molar-refractivity contribution in [3.63, 3.8) is 0 Å². The third-order valence-corrected chi connectivity index (χ3v) is 8.39. The molecule has 11 heteroatoms. The summed E-state index contributed by atoms with van der Waals surface area (Å²) in [6.45, 7) is 2.82. The van der Waals surface area contributed by atoms with Gasteiger partial charge >= 0.3 is 0 Å². The van der Waals surface area contributed by atoms with E-state index in [1.807, 2.05) is 11.4 Å². The van der Waals surface area contributed by atoms with Crippen LogP contribution in [0.2, 0.25) is 0 Å². The first-order valence-electron chi connectivity index (χ1n) is 9.63. The highest BCUT2D eigenvalue weighted by atomic mass is 79.9. The number of hydrogen-bond donors (Lipinski definition) is 1. The monoisotopic (exact) mass is 509 g/mol. The number of pyridine rings is 1. The van der Waals surface area contributed by atoms with Crippen LogP contribution in [0.1, 0.15) is 12.8 Å². The minimum Gasteiger partial charge on any atom is -0.480 e. The standard InChI is InChI=1S/C19H20BrN5O3S2/c1-27-18-14(24-30(26)12-2-3-12)8-11(9-21-18)15-17-16(13(20)10-29-17)23-19(22-15)25-4-6-28-7-5-25/h8-10,12,24H,2-7H2,1H3. The quantitative estimate of drug-likeness (QED) is 0.542. The van der Waals surface area contributed by atoms with E-state index in [1.54, 1.807) is 24.6 Å². The van der Waals surface area contributed by atoms with E-state index in [4.69, 9.17) is 19.4 Å². The van der Waals surface area contributed by atoms with Crippen molar-refractivity contribution in [1.29, 1.82) is 0 Å². The van der Waals surface area contributed by atoms with Gasteiger partial charge in [-0.15, -0.1) is 11.3 Å². The van der Waals surface area contributed by atoms with E-state index in [1.165, 1.54) is 0 Å². The number of nitrogens with zero attached hydrogens (tertiary/aromatic N) is 4. The van der Waals surface area contributed by atoms with Crippen molar-refractivity contribution >= 4 is 60.1 Å². The summed E-state index contributed by atoms with van der Waals surface area (Å²) in [6.07, 6.45) is 3.70. The zero-order valence-corrected chi connectivity index (χ0v) is 19.5. The highest BCUT2D eigenvalue weighted by Crippen LogP contribution is 2.39. The van der Waals surface area contributed by atoms with Crippen molar-refractivity contribution in [3.8, 4) is 17.1 Å². The fourth-order valence-electron chi connectivity index (χ4n) is 3.27. The number of ether oxygens (including phenoxy) is 2. The maximum atomic E-state index is 12.4. The van der Waals surface area contributed by atoms with E-state index < -0.39 is 11.0 Å². The molecule has 1 N–H and O–H groups in total. The Morgan fingerprint density at radius 3 is 2.87 bits per heavy atom. The van der Waals surface area contributed by atoms with Gasteiger partial charge in [-0.2, -0.15) is 0 Å². The minimum atomic E-state index is -1.15. The summed E-state index contributed by atoms with van der Waals surface area (Å²) < 4.78 is 28.3. The van der Waals surface area contributed by atoms with E-state index in [9.17, 15) is 4.21 Å². The van der Waals surface area contributed by atoms with Crippen molar-refractivity contribution in [3.05, 3.63) is 22.1 Å². The molecule has 0 radical (unpaired) electrons. The highest BCUT2D eigenvalue weighted by Gasteiger charge is 2.29. The van der Waals surface area contributed by atoms with Crippen molar-refractivity contribution in [1.82, 2.24) is 15.0 Å². The van der Waals surface area contributed by atoms with Gasteiger partial charge < -0.3 is 19.1 Å². The third-order valence-electron chi connectivity index (χ3n) is 5.01. The first-order valence-corrected chi connectivity index (χ1v) is 12.5. The van der Waals surface area contributed by atoms with Gasteiger partial charge in [0.05, 0.1) is 40.4 Å². The molecule has 4 heterocycles. The second-order valence-electron chi connectivity index (χ2n) is 7.11. The Hall–Kier alpha value is -1.82. The minimum absolute atomic E-state index is 0.199. The lowest BCUT2D eigenvalue weighted by Gasteiger charge is -2.27. The molecule has 2 fully saturated rings. The molecule has 1 saturated carbocycles. The van der Waals surface area contributed by atoms with Crippen LogP contribution in [-0.2, 0) is 15.7 Å². The second-order valence-corrected chi connectivity index (χ2v) is 10.3. The first-order chi connectivity index (χ1) is 14.6. The summed E-state index contributed by atoms with van der Waals surface area (Å²) in [7, 11) is 0.409. The number of morpholine rings is 1. The molecule has 1 unspecified atom stereocenters. The van der Waals surface area contributed by atoms with Crippen LogP contribution in [0, 0.1) is 0 Å². The molecular weight excluding hydrogens is 490 g/mol. The molecular formula is C19H20BrN5O3S2. The van der Waals surface area contributed by atoms with Crippen LogP contribution in [0.25, 0.3) is 21.5 Å². The maximum absolute atomic E-state index is 12.4. The Morgan fingerprint density at radius 2 is 2.13 bits per heavy atom. The van der Waals surface area contributed by atoms with Crippen LogP contribution in [0.3, 0.4) is 0 Å². The average molecular weight is 510 g/mol. The van der Waals surface area contributed by atoms with E-state index in [0.29, 0.717) is 30.7 Å². The number of methoxy groups -OCH3 is 1. The molecule has 3 aromatic rings. The number of anilines is 2. The van der Waals surface area contributed by atoms with Gasteiger partial charge in [-0.25, -0.2) is 19.2 Å². The summed E-state index contributed by atoms with van der Waals surface area (Å²) >= 11 is 5.19. The largest absolute Gasteiger partial charge is 0.480 e. The van der Waals surface area contributed by atoms with Gasteiger partial charge in [0.15, 0.2) is 0 Å². The molecule has 5 rings (SSSR count). The number of rotatable bonds is 6. The Morgan fingerprint density at radius 1 is 1.33 bits per heavy atom. The summed E-state index contributed by atoms with van der Waals surface area (Å²) in [5.41, 5.74) is 3.10. The smallest absolute Gasteiger partial charge is 0.238 e. The number of hydrogen-bond acceptors (Lipinski definition) is 8. The van der Waals surface area contributed by atoms with Gasteiger partial charge in [0, 0.05) is 30.2 Å². The third kappa shape index (κ3) is 3.91. The molecule has 0 amide bonds. The number of fused-ring (bicyclic) bond motifs is 1. The molecule has 1 aliphatic carbocycles. The van der Waals surface area contributed by atoms with Crippen LogP contribution in [0.4, 0.5) is 11.6 Å². The van der Waals surface area contributed by atoms with Crippen molar-refractivity contribution in [2.24, 2.45) is 0 Å². The number of thiophene rings is 1. The average Bonchev–Trinajstić information content (AvgIpc) is 3.57. The Labute approximate surface area is 188 Å². The number of nitrogens with one attached hydrogen (secondary N) is 1. The van der Waals surface area contributed by atoms with Crippen LogP contribution in [0.5, 0.6) is 5.88 Å². The SMILES string of the molecule is COc1ncc(-c2nc(N3CCOCC3)nc3c(Br)csc23)cc1NS(=O)C1CC1. The van der Waals surface area contributed by atoms with Crippen molar-refractivity contribution in [2.75, 3.05) is 43.0 Å². The Bertz CT molecular complexity index is 1110. The summed E-state index contributed by atoms with van der Waals surface area (Å²) in [5, 5.41) is 2.22. The van der Waals surface area contributed by atoms with E-state index >= 15 is 0 Å². The summed E-state index contributed by atoms with van der Waals surface area (Å²) in [5.74, 6) is 1.09. The predicted molar refractivity (Wildman–Crippen MR) is 123 cm³/mol. The Kier molecular flexibility index (Phi) is 5.61. The molecule has 0 bridgehead atoms. The van der Waals surface area contributed by atoms with Crippen LogP contribution < -0.4 is 14.4 Å². The molecule has 1 aliphatic heterocycles. The van der Waals surface area contributed by atoms with Crippen molar-refractivity contribution < 1.29 is 13.7 Å². The van der Waals surface area contributed by atoms with Gasteiger partial charge in [0.1, 0.15) is 22.2 Å². The molecule has 1 saturated heterocycles. The molecule has 8 nitrogen and oxygen atoms in total. The molecule has 0 aromatic carbocycles. The second kappa shape index (κ2) is 8.37. The lowest BCUT2D eigenvalue weighted by Crippen LogP contribution is -2.37. The number of aromatic nitrogens is 3. The molecule has 1 atom stereocenters. The summed E-state index contributed by atoms with van der Waals surface area (Å²) in [4.78, 5) is 16.3. The fourth-order valence-corrected chi connectivity index (χ4v) is 5.94. The first kappa shape index (κ1) is 20.1. The Balaban J connectivity index is 1.60. The van der Waals surface area contributed by atoms with Crippen LogP contribution >= 0.6 is 27.3 Å². The highest BCUT2D eigenvalue weighted by molar-refractivity contribution is 9.10. The molecule has 0 spiro atoms. The topological polar surface area (TPSA) is 89.5 Å². The maximum Gasteiger partial charge on any atom is 0.238 e. The molecule has 3 aromatic heterocycles. The zero-order valence-electron chi connectivity index (χ0n) is 16.3. The van der Waals surface area contributed by atoms with E-state index in [0.717, 1.165) is 51.9 Å².